The maximum Gasteiger partial charge on any atom is 0.227 e. The monoisotopic (exact) mass is 401 g/mol. The molecule has 2 aromatic heterocycles. The second-order valence-corrected chi connectivity index (χ2v) is 8.09. The smallest absolute Gasteiger partial charge is 0.227 e. The lowest BCUT2D eigenvalue weighted by Gasteiger charge is -2.43. The number of carbonyl (C=O) groups excluding carboxylic acids is 1. The Kier molecular flexibility index (Phi) is 4.35. The Morgan fingerprint density at radius 2 is 2.07 bits per heavy atom. The fourth-order valence-corrected chi connectivity index (χ4v) is 4.55. The van der Waals surface area contributed by atoms with E-state index in [1.54, 1.807) is 25.4 Å². The number of aromatic nitrogens is 2. The summed E-state index contributed by atoms with van der Waals surface area (Å²) in [6.45, 7) is 2.24. The zero-order chi connectivity index (χ0) is 20.7. The van der Waals surface area contributed by atoms with E-state index in [2.05, 4.69) is 25.8 Å². The summed E-state index contributed by atoms with van der Waals surface area (Å²) in [5.41, 5.74) is 3.35. The van der Waals surface area contributed by atoms with E-state index < -0.39 is 0 Å². The summed E-state index contributed by atoms with van der Waals surface area (Å²) in [5, 5.41) is 10.00. The number of methoxy groups -OCH3 is 1. The summed E-state index contributed by atoms with van der Waals surface area (Å²) in [6, 6.07) is 11.4. The predicted octanol–water partition coefficient (Wildman–Crippen LogP) is 2.87. The highest BCUT2D eigenvalue weighted by Gasteiger charge is 2.53. The van der Waals surface area contributed by atoms with Crippen molar-refractivity contribution < 1.29 is 9.53 Å². The van der Waals surface area contributed by atoms with Gasteiger partial charge in [0.05, 0.1) is 42.6 Å². The lowest BCUT2D eigenvalue weighted by atomic mass is 10.0. The molecule has 1 saturated carbocycles. The SMILES string of the molecule is COc1cnc2[nH]ccc2c1N1CCN(C(=O)Cc2ccc(C#N)cc2)C2(CC2)C1. The number of benzene rings is 1. The summed E-state index contributed by atoms with van der Waals surface area (Å²) in [4.78, 5) is 25.1. The number of carbonyl (C=O) groups is 1. The zero-order valence-corrected chi connectivity index (χ0v) is 16.9. The van der Waals surface area contributed by atoms with Crippen LogP contribution in [0.2, 0.25) is 0 Å². The third-order valence-corrected chi connectivity index (χ3v) is 6.28. The number of amides is 1. The molecule has 1 aliphatic heterocycles. The molecule has 0 radical (unpaired) electrons. The van der Waals surface area contributed by atoms with E-state index >= 15 is 0 Å². The molecule has 1 amide bonds. The van der Waals surface area contributed by atoms with Crippen molar-refractivity contribution >= 4 is 22.6 Å². The molecule has 2 fully saturated rings. The van der Waals surface area contributed by atoms with Crippen LogP contribution in [0.1, 0.15) is 24.0 Å². The maximum atomic E-state index is 13.1. The van der Waals surface area contributed by atoms with Crippen LogP contribution in [0.4, 0.5) is 5.69 Å². The third kappa shape index (κ3) is 3.05. The quantitative estimate of drug-likeness (QED) is 0.727. The van der Waals surface area contributed by atoms with Crippen LogP contribution in [0.25, 0.3) is 11.0 Å². The minimum absolute atomic E-state index is 0.0984. The Hall–Kier alpha value is -3.53. The average Bonchev–Trinajstić information content (AvgIpc) is 3.35. The number of rotatable bonds is 4. The average molecular weight is 401 g/mol. The van der Waals surface area contributed by atoms with Gasteiger partial charge in [-0.1, -0.05) is 12.1 Å². The summed E-state index contributed by atoms with van der Waals surface area (Å²) in [7, 11) is 1.67. The Labute approximate surface area is 174 Å². The number of aromatic amines is 1. The molecule has 5 rings (SSSR count). The molecule has 7 heteroatoms. The van der Waals surface area contributed by atoms with Crippen LogP contribution >= 0.6 is 0 Å². The van der Waals surface area contributed by atoms with E-state index in [0.29, 0.717) is 18.5 Å². The minimum atomic E-state index is -0.0984. The molecule has 1 aliphatic carbocycles. The highest BCUT2D eigenvalue weighted by molar-refractivity contribution is 5.93. The van der Waals surface area contributed by atoms with Crippen LogP contribution in [0.5, 0.6) is 5.75 Å². The maximum absolute atomic E-state index is 13.1. The number of nitrogens with one attached hydrogen (secondary N) is 1. The second kappa shape index (κ2) is 7.06. The molecule has 152 valence electrons. The van der Waals surface area contributed by atoms with Gasteiger partial charge in [-0.25, -0.2) is 4.98 Å². The summed E-state index contributed by atoms with van der Waals surface area (Å²) < 4.78 is 5.62. The Morgan fingerprint density at radius 3 is 2.77 bits per heavy atom. The van der Waals surface area contributed by atoms with Crippen molar-refractivity contribution in [1.82, 2.24) is 14.9 Å². The molecular formula is C23H23N5O2. The number of hydrogen-bond donors (Lipinski definition) is 1. The highest BCUT2D eigenvalue weighted by atomic mass is 16.5. The van der Waals surface area contributed by atoms with Gasteiger partial charge >= 0.3 is 0 Å². The van der Waals surface area contributed by atoms with E-state index in [4.69, 9.17) is 10.00 Å². The first-order valence-corrected chi connectivity index (χ1v) is 10.2. The molecule has 1 N–H and O–H groups in total. The number of piperazine rings is 1. The lowest BCUT2D eigenvalue weighted by Crippen LogP contribution is -2.57. The van der Waals surface area contributed by atoms with Crippen molar-refractivity contribution in [1.29, 1.82) is 5.26 Å². The summed E-state index contributed by atoms with van der Waals surface area (Å²) in [5.74, 6) is 0.917. The molecule has 3 heterocycles. The van der Waals surface area contributed by atoms with Gasteiger partial charge < -0.3 is 19.5 Å². The van der Waals surface area contributed by atoms with Gasteiger partial charge in [-0.3, -0.25) is 4.79 Å². The van der Waals surface area contributed by atoms with E-state index in [1.807, 2.05) is 24.4 Å². The van der Waals surface area contributed by atoms with Crippen LogP contribution in [0, 0.1) is 11.3 Å². The number of pyridine rings is 1. The van der Waals surface area contributed by atoms with E-state index in [9.17, 15) is 4.79 Å². The first kappa shape index (κ1) is 18.5. The highest BCUT2D eigenvalue weighted by Crippen LogP contribution is 2.47. The number of hydrogen-bond acceptors (Lipinski definition) is 5. The van der Waals surface area contributed by atoms with Gasteiger partial charge in [-0.05, 0) is 36.6 Å². The van der Waals surface area contributed by atoms with E-state index in [1.165, 1.54) is 0 Å². The minimum Gasteiger partial charge on any atom is -0.493 e. The molecule has 0 bridgehead atoms. The topological polar surface area (TPSA) is 85.2 Å². The van der Waals surface area contributed by atoms with Crippen LogP contribution in [0.3, 0.4) is 0 Å². The van der Waals surface area contributed by atoms with Crippen molar-refractivity contribution in [2.24, 2.45) is 0 Å². The van der Waals surface area contributed by atoms with Crippen molar-refractivity contribution in [2.75, 3.05) is 31.6 Å². The standard InChI is InChI=1S/C23H23N5O2/c1-30-19-14-26-22-18(6-9-25-22)21(19)27-10-11-28(23(15-27)7-8-23)20(29)12-16-2-4-17(13-24)5-3-16/h2-6,9,14H,7-8,10-12,15H2,1H3,(H,25,26). The van der Waals surface area contributed by atoms with Crippen LogP contribution < -0.4 is 9.64 Å². The normalized spacial score (nSPS) is 17.2. The van der Waals surface area contributed by atoms with Gasteiger partial charge in [0.2, 0.25) is 5.91 Å². The van der Waals surface area contributed by atoms with Crippen LogP contribution in [-0.4, -0.2) is 53.1 Å². The Bertz CT molecular complexity index is 1140. The molecule has 0 atom stereocenters. The van der Waals surface area contributed by atoms with Crippen LogP contribution in [-0.2, 0) is 11.2 Å². The van der Waals surface area contributed by atoms with Gasteiger partial charge in [0, 0.05) is 31.2 Å². The van der Waals surface area contributed by atoms with Gasteiger partial charge in [0.25, 0.3) is 0 Å². The molecule has 2 aliphatic rings. The van der Waals surface area contributed by atoms with E-state index in [-0.39, 0.29) is 11.4 Å². The first-order valence-electron chi connectivity index (χ1n) is 10.2. The summed E-state index contributed by atoms with van der Waals surface area (Å²) in [6.07, 6.45) is 6.06. The third-order valence-electron chi connectivity index (χ3n) is 6.28. The zero-order valence-electron chi connectivity index (χ0n) is 16.9. The number of nitrogens with zero attached hydrogens (tertiary/aromatic N) is 4. The van der Waals surface area contributed by atoms with Gasteiger partial charge in [-0.15, -0.1) is 0 Å². The van der Waals surface area contributed by atoms with E-state index in [0.717, 1.165) is 54.0 Å². The fourth-order valence-electron chi connectivity index (χ4n) is 4.55. The molecule has 1 spiro atoms. The number of H-pyrrole nitrogens is 1. The number of fused-ring (bicyclic) bond motifs is 1. The van der Waals surface area contributed by atoms with Crippen LogP contribution in [0.15, 0.2) is 42.7 Å². The second-order valence-electron chi connectivity index (χ2n) is 8.09. The number of anilines is 1. The Balaban J connectivity index is 1.37. The molecule has 1 saturated heterocycles. The molecule has 1 aromatic carbocycles. The molecule has 30 heavy (non-hydrogen) atoms. The van der Waals surface area contributed by atoms with Gasteiger partial charge in [0.1, 0.15) is 5.65 Å². The summed E-state index contributed by atoms with van der Waals surface area (Å²) >= 11 is 0. The number of nitriles is 1. The van der Waals surface area contributed by atoms with Crippen molar-refractivity contribution in [3.8, 4) is 11.8 Å². The van der Waals surface area contributed by atoms with Crippen molar-refractivity contribution in [3.05, 3.63) is 53.9 Å². The first-order chi connectivity index (χ1) is 14.6. The van der Waals surface area contributed by atoms with Crippen molar-refractivity contribution in [2.45, 2.75) is 24.8 Å². The molecule has 7 nitrogen and oxygen atoms in total. The Morgan fingerprint density at radius 1 is 1.27 bits per heavy atom. The molecular weight excluding hydrogens is 378 g/mol. The fraction of sp³-hybridized carbons (Fsp3) is 0.348. The van der Waals surface area contributed by atoms with Gasteiger partial charge in [0.15, 0.2) is 5.75 Å². The van der Waals surface area contributed by atoms with Gasteiger partial charge in [-0.2, -0.15) is 5.26 Å². The lowest BCUT2D eigenvalue weighted by molar-refractivity contribution is -0.134. The molecule has 3 aromatic rings. The number of ether oxygens (including phenoxy) is 1. The molecule has 0 unspecified atom stereocenters. The predicted molar refractivity (Wildman–Crippen MR) is 113 cm³/mol. The largest absolute Gasteiger partial charge is 0.493 e. The van der Waals surface area contributed by atoms with Crippen molar-refractivity contribution in [3.63, 3.8) is 0 Å².